The second-order valence-corrected chi connectivity index (χ2v) is 7.85. The van der Waals surface area contributed by atoms with Gasteiger partial charge in [0.05, 0.1) is 12.7 Å². The summed E-state index contributed by atoms with van der Waals surface area (Å²) in [5, 5.41) is 8.37. The molecule has 0 aliphatic heterocycles. The molecule has 0 heterocycles. The van der Waals surface area contributed by atoms with Crippen LogP contribution in [0.15, 0.2) is 24.3 Å². The van der Waals surface area contributed by atoms with Gasteiger partial charge in [0.2, 0.25) is 5.91 Å². The van der Waals surface area contributed by atoms with Gasteiger partial charge in [-0.25, -0.2) is 15.1 Å². The first-order valence-corrected chi connectivity index (χ1v) is 11.7. The van der Waals surface area contributed by atoms with Gasteiger partial charge in [0, 0.05) is 25.7 Å². The molecule has 1 rings (SSSR count). The van der Waals surface area contributed by atoms with Gasteiger partial charge in [0.25, 0.3) is 5.91 Å². The number of unbranched alkanes of at least 4 members (excludes halogenated alkanes) is 6. The molecule has 11 heteroatoms. The normalized spacial score (nSPS) is 10.2. The lowest BCUT2D eigenvalue weighted by Gasteiger charge is -2.06. The molecular formula is C24H34N2O9. The molecular weight excluding hydrogens is 460 g/mol. The van der Waals surface area contributed by atoms with Crippen molar-refractivity contribution >= 4 is 29.7 Å². The van der Waals surface area contributed by atoms with Crippen molar-refractivity contribution in [3.63, 3.8) is 0 Å². The van der Waals surface area contributed by atoms with E-state index in [1.54, 1.807) is 5.48 Å². The van der Waals surface area contributed by atoms with E-state index in [9.17, 15) is 24.0 Å². The predicted molar refractivity (Wildman–Crippen MR) is 123 cm³/mol. The maximum absolute atomic E-state index is 11.9. The maximum atomic E-state index is 11.9. The largest absolute Gasteiger partial charge is 0.465 e. The van der Waals surface area contributed by atoms with Gasteiger partial charge in [-0.1, -0.05) is 25.7 Å². The smallest absolute Gasteiger partial charge is 0.337 e. The summed E-state index contributed by atoms with van der Waals surface area (Å²) < 4.78 is 9.82. The number of methoxy groups -OCH3 is 1. The van der Waals surface area contributed by atoms with Crippen LogP contribution >= 0.6 is 0 Å². The van der Waals surface area contributed by atoms with Crippen LogP contribution in [0.2, 0.25) is 0 Å². The maximum Gasteiger partial charge on any atom is 0.337 e. The van der Waals surface area contributed by atoms with E-state index in [1.807, 2.05) is 0 Å². The number of benzene rings is 1. The van der Waals surface area contributed by atoms with E-state index in [1.165, 1.54) is 31.4 Å². The predicted octanol–water partition coefficient (Wildman–Crippen LogP) is 3.14. The lowest BCUT2D eigenvalue weighted by atomic mass is 10.1. The standard InChI is InChI=1S/C24H34N2O9/c1-33-24(31)18-14-16-19(17-15-18)34-22(29)12-8-4-3-7-11-21(28)26-35-23(30)13-9-5-2-6-10-20(27)25-32/h14-17,32H,2-13H2,1H3,(H,25,27)(H,26,28). The van der Waals surface area contributed by atoms with Gasteiger partial charge in [-0.2, -0.15) is 5.48 Å². The number of carbonyl (C=O) groups is 5. The van der Waals surface area contributed by atoms with E-state index in [2.05, 4.69) is 10.2 Å². The van der Waals surface area contributed by atoms with Crippen molar-refractivity contribution in [2.24, 2.45) is 0 Å². The molecule has 0 saturated carbocycles. The number of hydrogen-bond donors (Lipinski definition) is 3. The molecule has 0 aliphatic carbocycles. The van der Waals surface area contributed by atoms with E-state index in [-0.39, 0.29) is 37.6 Å². The number of rotatable bonds is 16. The molecule has 0 aromatic heterocycles. The molecule has 0 radical (unpaired) electrons. The van der Waals surface area contributed by atoms with Crippen LogP contribution in [0.5, 0.6) is 5.75 Å². The zero-order valence-electron chi connectivity index (χ0n) is 20.0. The zero-order chi connectivity index (χ0) is 25.9. The summed E-state index contributed by atoms with van der Waals surface area (Å²) in [5.41, 5.74) is 4.06. The monoisotopic (exact) mass is 494 g/mol. The van der Waals surface area contributed by atoms with E-state index in [0.717, 1.165) is 25.7 Å². The Morgan fingerprint density at radius 2 is 1.23 bits per heavy atom. The molecule has 0 unspecified atom stereocenters. The minimum Gasteiger partial charge on any atom is -0.465 e. The van der Waals surface area contributed by atoms with E-state index < -0.39 is 17.8 Å². The van der Waals surface area contributed by atoms with Gasteiger partial charge >= 0.3 is 17.9 Å². The van der Waals surface area contributed by atoms with Gasteiger partial charge in [0.15, 0.2) is 0 Å². The molecule has 35 heavy (non-hydrogen) atoms. The first-order valence-electron chi connectivity index (χ1n) is 11.7. The lowest BCUT2D eigenvalue weighted by molar-refractivity contribution is -0.158. The average molecular weight is 495 g/mol. The quantitative estimate of drug-likeness (QED) is 0.103. The summed E-state index contributed by atoms with van der Waals surface area (Å²) in [6, 6.07) is 6.08. The SMILES string of the molecule is COC(=O)c1ccc(OC(=O)CCCCCCC(=O)NOC(=O)CCCCCCC(=O)NO)cc1. The Balaban J connectivity index is 2.01. The molecule has 0 fully saturated rings. The van der Waals surface area contributed by atoms with Gasteiger partial charge in [-0.05, 0) is 49.9 Å². The van der Waals surface area contributed by atoms with Gasteiger partial charge in [-0.15, -0.1) is 0 Å². The molecule has 1 aromatic carbocycles. The summed E-state index contributed by atoms with van der Waals surface area (Å²) in [6.07, 6.45) is 6.19. The third-order valence-corrected chi connectivity index (χ3v) is 4.98. The number of nitrogens with one attached hydrogen (secondary N) is 2. The van der Waals surface area contributed by atoms with Crippen LogP contribution in [0.4, 0.5) is 0 Å². The minimum atomic E-state index is -0.523. The van der Waals surface area contributed by atoms with Crippen molar-refractivity contribution in [1.29, 1.82) is 0 Å². The highest BCUT2D eigenvalue weighted by Gasteiger charge is 2.09. The number of esters is 2. The van der Waals surface area contributed by atoms with Gasteiger partial charge in [-0.3, -0.25) is 19.6 Å². The summed E-state index contributed by atoms with van der Waals surface area (Å²) in [4.78, 5) is 62.2. The van der Waals surface area contributed by atoms with Crippen LogP contribution in [0.3, 0.4) is 0 Å². The molecule has 0 spiro atoms. The number of hydrogen-bond acceptors (Lipinski definition) is 9. The van der Waals surface area contributed by atoms with Crippen molar-refractivity contribution in [2.45, 2.75) is 77.0 Å². The number of ether oxygens (including phenoxy) is 2. The van der Waals surface area contributed by atoms with E-state index >= 15 is 0 Å². The first-order chi connectivity index (χ1) is 16.8. The Bertz CT molecular complexity index is 825. The Morgan fingerprint density at radius 3 is 1.77 bits per heavy atom. The van der Waals surface area contributed by atoms with Crippen LogP contribution in [-0.4, -0.2) is 42.0 Å². The second-order valence-electron chi connectivity index (χ2n) is 7.85. The topological polar surface area (TPSA) is 157 Å². The highest BCUT2D eigenvalue weighted by molar-refractivity contribution is 5.89. The van der Waals surface area contributed by atoms with E-state index in [0.29, 0.717) is 37.0 Å². The molecule has 0 atom stereocenters. The lowest BCUT2D eigenvalue weighted by Crippen LogP contribution is -2.26. The van der Waals surface area contributed by atoms with E-state index in [4.69, 9.17) is 14.8 Å². The highest BCUT2D eigenvalue weighted by atomic mass is 16.7. The Hall–Kier alpha value is -3.47. The van der Waals surface area contributed by atoms with Crippen LogP contribution < -0.4 is 15.7 Å². The van der Waals surface area contributed by atoms with Crippen molar-refractivity contribution in [3.8, 4) is 5.75 Å². The van der Waals surface area contributed by atoms with Crippen LogP contribution in [0.1, 0.15) is 87.4 Å². The summed E-state index contributed by atoms with van der Waals surface area (Å²) in [5.74, 6) is -1.84. The average Bonchev–Trinajstić information content (AvgIpc) is 2.86. The van der Waals surface area contributed by atoms with Crippen molar-refractivity contribution in [1.82, 2.24) is 11.0 Å². The fourth-order valence-corrected chi connectivity index (χ4v) is 3.05. The molecule has 0 bridgehead atoms. The van der Waals surface area contributed by atoms with Gasteiger partial charge in [0.1, 0.15) is 5.75 Å². The molecule has 0 saturated heterocycles. The fourth-order valence-electron chi connectivity index (χ4n) is 3.05. The summed E-state index contributed by atoms with van der Waals surface area (Å²) in [6.45, 7) is 0. The number of carbonyl (C=O) groups excluding carboxylic acids is 5. The number of amides is 2. The highest BCUT2D eigenvalue weighted by Crippen LogP contribution is 2.15. The number of hydroxylamine groups is 2. The third-order valence-electron chi connectivity index (χ3n) is 4.98. The van der Waals surface area contributed by atoms with Crippen molar-refractivity contribution in [3.05, 3.63) is 29.8 Å². The zero-order valence-corrected chi connectivity index (χ0v) is 20.0. The molecule has 194 valence electrons. The van der Waals surface area contributed by atoms with Gasteiger partial charge < -0.3 is 14.3 Å². The van der Waals surface area contributed by atoms with Crippen molar-refractivity contribution < 1.29 is 43.5 Å². The summed E-state index contributed by atoms with van der Waals surface area (Å²) in [7, 11) is 1.29. The molecule has 11 nitrogen and oxygen atoms in total. The third kappa shape index (κ3) is 14.4. The van der Waals surface area contributed by atoms with Crippen LogP contribution in [-0.2, 0) is 28.8 Å². The molecule has 2 amide bonds. The minimum absolute atomic E-state index is 0.165. The Labute approximate surface area is 204 Å². The fraction of sp³-hybridized carbons (Fsp3) is 0.542. The molecule has 1 aromatic rings. The molecule has 3 N–H and O–H groups in total. The Morgan fingerprint density at radius 1 is 0.714 bits per heavy atom. The van der Waals surface area contributed by atoms with Crippen molar-refractivity contribution in [2.75, 3.05) is 7.11 Å². The first kappa shape index (κ1) is 29.6. The summed E-state index contributed by atoms with van der Waals surface area (Å²) >= 11 is 0. The second kappa shape index (κ2) is 17.9. The van der Waals surface area contributed by atoms with Crippen LogP contribution in [0, 0.1) is 0 Å². The van der Waals surface area contributed by atoms with Crippen LogP contribution in [0.25, 0.3) is 0 Å². The molecule has 0 aliphatic rings. The Kier molecular flexibility index (Phi) is 15.1.